The maximum Gasteiger partial charge on any atom is 0.338 e. The third-order valence-corrected chi connectivity index (χ3v) is 1.63. The zero-order valence-electron chi connectivity index (χ0n) is 5.97. The highest BCUT2D eigenvalue weighted by Gasteiger charge is 2.44. The molecule has 5 heteroatoms. The van der Waals surface area contributed by atoms with Crippen LogP contribution in [0.4, 0.5) is 0 Å². The summed E-state index contributed by atoms with van der Waals surface area (Å²) < 4.78 is 4.46. The Hall–Kier alpha value is -0.650. The van der Waals surface area contributed by atoms with Gasteiger partial charge in [-0.05, 0) is 6.92 Å². The average molecular weight is 162 g/mol. The summed E-state index contributed by atoms with van der Waals surface area (Å²) in [5.41, 5.74) is 0. The number of aliphatic hydroxyl groups is 3. The molecule has 0 amide bonds. The van der Waals surface area contributed by atoms with Crippen molar-refractivity contribution >= 4 is 5.97 Å². The highest BCUT2D eigenvalue weighted by Crippen LogP contribution is 2.18. The predicted molar refractivity (Wildman–Crippen MR) is 33.6 cm³/mol. The van der Waals surface area contributed by atoms with Crippen LogP contribution in [0, 0.1) is 0 Å². The Balaban J connectivity index is 2.67. The van der Waals surface area contributed by atoms with Gasteiger partial charge in [-0.1, -0.05) is 0 Å². The maximum absolute atomic E-state index is 10.6. The predicted octanol–water partition coefficient (Wildman–Crippen LogP) is -1.99. The molecule has 0 spiro atoms. The summed E-state index contributed by atoms with van der Waals surface area (Å²) in [6.45, 7) is 1.37. The summed E-state index contributed by atoms with van der Waals surface area (Å²) >= 11 is 0. The van der Waals surface area contributed by atoms with Gasteiger partial charge in [-0.3, -0.25) is 0 Å². The van der Waals surface area contributed by atoms with Gasteiger partial charge in [-0.2, -0.15) is 0 Å². The van der Waals surface area contributed by atoms with Crippen LogP contribution < -0.4 is 0 Å². The van der Waals surface area contributed by atoms with E-state index in [4.69, 9.17) is 15.3 Å². The van der Waals surface area contributed by atoms with E-state index in [9.17, 15) is 4.79 Å². The fourth-order valence-corrected chi connectivity index (χ4v) is 0.976. The Morgan fingerprint density at radius 3 is 2.27 bits per heavy atom. The molecule has 0 aliphatic carbocycles. The molecule has 5 nitrogen and oxygen atoms in total. The van der Waals surface area contributed by atoms with Gasteiger partial charge in [0.2, 0.25) is 0 Å². The van der Waals surface area contributed by atoms with E-state index in [2.05, 4.69) is 4.74 Å². The van der Waals surface area contributed by atoms with E-state index in [1.54, 1.807) is 0 Å². The number of cyclic esters (lactones) is 1. The molecule has 0 aromatic heterocycles. The van der Waals surface area contributed by atoms with E-state index in [1.165, 1.54) is 6.92 Å². The third-order valence-electron chi connectivity index (χ3n) is 1.63. The smallest absolute Gasteiger partial charge is 0.338 e. The summed E-state index contributed by atoms with van der Waals surface area (Å²) in [6, 6.07) is 0. The van der Waals surface area contributed by atoms with Crippen LogP contribution in [0.5, 0.6) is 0 Å². The molecule has 64 valence electrons. The highest BCUT2D eigenvalue weighted by atomic mass is 16.6. The summed E-state index contributed by atoms with van der Waals surface area (Å²) in [4.78, 5) is 10.6. The molecular formula is C6H10O5. The minimum atomic E-state index is -1.52. The zero-order chi connectivity index (χ0) is 8.59. The van der Waals surface area contributed by atoms with Gasteiger partial charge >= 0.3 is 5.97 Å². The van der Waals surface area contributed by atoms with Crippen molar-refractivity contribution in [2.75, 3.05) is 0 Å². The largest absolute Gasteiger partial charge is 0.455 e. The lowest BCUT2D eigenvalue weighted by Crippen LogP contribution is -2.37. The summed E-state index contributed by atoms with van der Waals surface area (Å²) in [6.07, 6.45) is -4.80. The first kappa shape index (κ1) is 8.45. The van der Waals surface area contributed by atoms with Gasteiger partial charge in [0, 0.05) is 0 Å². The monoisotopic (exact) mass is 162 g/mol. The van der Waals surface area contributed by atoms with Crippen LogP contribution in [0.15, 0.2) is 0 Å². The molecule has 0 bridgehead atoms. The van der Waals surface area contributed by atoms with E-state index in [1.807, 2.05) is 0 Å². The second-order valence-electron chi connectivity index (χ2n) is 2.58. The molecule has 0 saturated carbocycles. The highest BCUT2D eigenvalue weighted by molar-refractivity contribution is 5.77. The number of carbonyl (C=O) groups is 1. The van der Waals surface area contributed by atoms with Crippen LogP contribution >= 0.6 is 0 Å². The molecule has 1 heterocycles. The molecule has 1 aliphatic heterocycles. The number of rotatable bonds is 1. The minimum Gasteiger partial charge on any atom is -0.455 e. The zero-order valence-corrected chi connectivity index (χ0v) is 5.97. The second-order valence-corrected chi connectivity index (χ2v) is 2.58. The number of carbonyl (C=O) groups excluding carboxylic acids is 1. The first-order valence-electron chi connectivity index (χ1n) is 3.28. The standard InChI is InChI=1S/C6H10O5/c1-2(7)5-3(8)4(9)6(10)11-5/h2-5,7-9H,1H3/t2-,3-,4+,5+/m1/s1. The van der Waals surface area contributed by atoms with Gasteiger partial charge in [0.15, 0.2) is 12.2 Å². The SMILES string of the molecule is C[C@@H](O)[C@@H]1OC(=O)[C@@H](O)[C@H]1O. The minimum absolute atomic E-state index is 0.886. The van der Waals surface area contributed by atoms with Crippen LogP contribution in [0.3, 0.4) is 0 Å². The molecule has 1 saturated heterocycles. The van der Waals surface area contributed by atoms with Gasteiger partial charge in [0.25, 0.3) is 0 Å². The first-order chi connectivity index (χ1) is 5.04. The number of ether oxygens (including phenoxy) is 1. The van der Waals surface area contributed by atoms with Gasteiger partial charge in [-0.15, -0.1) is 0 Å². The number of hydrogen-bond acceptors (Lipinski definition) is 5. The maximum atomic E-state index is 10.6. The topological polar surface area (TPSA) is 87.0 Å². The summed E-state index contributed by atoms with van der Waals surface area (Å²) in [5.74, 6) is -0.886. The van der Waals surface area contributed by atoms with E-state index < -0.39 is 30.4 Å². The lowest BCUT2D eigenvalue weighted by molar-refractivity contribution is -0.150. The molecule has 4 atom stereocenters. The molecule has 0 aromatic rings. The van der Waals surface area contributed by atoms with Crippen molar-refractivity contribution in [1.29, 1.82) is 0 Å². The molecule has 3 N–H and O–H groups in total. The second kappa shape index (κ2) is 2.77. The molecule has 0 unspecified atom stereocenters. The number of aliphatic hydroxyl groups excluding tert-OH is 3. The van der Waals surface area contributed by atoms with Crippen LogP contribution in [0.2, 0.25) is 0 Å². The quantitative estimate of drug-likeness (QED) is 0.389. The molecule has 0 radical (unpaired) electrons. The van der Waals surface area contributed by atoms with E-state index in [0.29, 0.717) is 0 Å². The number of esters is 1. The van der Waals surface area contributed by atoms with Crippen molar-refractivity contribution in [3.8, 4) is 0 Å². The van der Waals surface area contributed by atoms with Crippen molar-refractivity contribution in [3.05, 3.63) is 0 Å². The Morgan fingerprint density at radius 2 is 2.09 bits per heavy atom. The van der Waals surface area contributed by atoms with Gasteiger partial charge in [0.05, 0.1) is 6.10 Å². The average Bonchev–Trinajstić information content (AvgIpc) is 2.17. The fraction of sp³-hybridized carbons (Fsp3) is 0.833. The van der Waals surface area contributed by atoms with Crippen molar-refractivity contribution in [2.24, 2.45) is 0 Å². The number of hydrogen-bond donors (Lipinski definition) is 3. The summed E-state index contributed by atoms with van der Waals surface area (Å²) in [5, 5.41) is 26.8. The van der Waals surface area contributed by atoms with E-state index in [0.717, 1.165) is 0 Å². The van der Waals surface area contributed by atoms with Crippen molar-refractivity contribution in [3.63, 3.8) is 0 Å². The van der Waals surface area contributed by atoms with Gasteiger partial charge in [-0.25, -0.2) is 4.79 Å². The van der Waals surface area contributed by atoms with Crippen LogP contribution in [0.25, 0.3) is 0 Å². The van der Waals surface area contributed by atoms with Crippen LogP contribution in [0.1, 0.15) is 6.92 Å². The lowest BCUT2D eigenvalue weighted by Gasteiger charge is -2.15. The Bertz CT molecular complexity index is 166. The molecule has 1 aliphatic rings. The summed E-state index contributed by atoms with van der Waals surface area (Å²) in [7, 11) is 0. The molecule has 1 rings (SSSR count). The van der Waals surface area contributed by atoms with E-state index in [-0.39, 0.29) is 0 Å². The fourth-order valence-electron chi connectivity index (χ4n) is 0.976. The lowest BCUT2D eigenvalue weighted by atomic mass is 10.1. The van der Waals surface area contributed by atoms with Gasteiger partial charge < -0.3 is 20.1 Å². The Kier molecular flexibility index (Phi) is 2.12. The van der Waals surface area contributed by atoms with Crippen LogP contribution in [-0.2, 0) is 9.53 Å². The van der Waals surface area contributed by atoms with Gasteiger partial charge in [0.1, 0.15) is 6.10 Å². The Labute approximate surface area is 63.2 Å². The third kappa shape index (κ3) is 1.35. The molecule has 0 aromatic carbocycles. The normalized spacial score (nSPS) is 40.4. The molecule has 11 heavy (non-hydrogen) atoms. The van der Waals surface area contributed by atoms with Crippen LogP contribution in [-0.4, -0.2) is 45.7 Å². The Morgan fingerprint density at radius 1 is 1.55 bits per heavy atom. The molecular weight excluding hydrogens is 152 g/mol. The molecule has 1 fully saturated rings. The van der Waals surface area contributed by atoms with Crippen molar-refractivity contribution in [2.45, 2.75) is 31.3 Å². The van der Waals surface area contributed by atoms with Crippen molar-refractivity contribution < 1.29 is 24.9 Å². The van der Waals surface area contributed by atoms with E-state index >= 15 is 0 Å². The van der Waals surface area contributed by atoms with Crippen molar-refractivity contribution in [1.82, 2.24) is 0 Å². The first-order valence-corrected chi connectivity index (χ1v) is 3.28.